The van der Waals surface area contributed by atoms with E-state index in [9.17, 15) is 4.79 Å². The number of hydrogen-bond donors (Lipinski definition) is 1. The van der Waals surface area contributed by atoms with Gasteiger partial charge in [-0.05, 0) is 24.3 Å². The highest BCUT2D eigenvalue weighted by molar-refractivity contribution is 5.91. The van der Waals surface area contributed by atoms with Crippen molar-refractivity contribution in [3.63, 3.8) is 0 Å². The van der Waals surface area contributed by atoms with Crippen LogP contribution in [0.1, 0.15) is 5.69 Å². The fraction of sp³-hybridized carbons (Fsp3) is 0.0714. The Morgan fingerprint density at radius 2 is 2.20 bits per heavy atom. The molecule has 3 rings (SSSR count). The molecular formula is C14H11N3O3. The quantitative estimate of drug-likeness (QED) is 0.787. The molecule has 0 bridgehead atoms. The van der Waals surface area contributed by atoms with Crippen molar-refractivity contribution in [1.29, 1.82) is 0 Å². The second kappa shape index (κ2) is 5.40. The molecule has 0 fully saturated rings. The van der Waals surface area contributed by atoms with Crippen LogP contribution in [0.2, 0.25) is 0 Å². The number of furan rings is 1. The van der Waals surface area contributed by atoms with E-state index in [4.69, 9.17) is 8.94 Å². The van der Waals surface area contributed by atoms with E-state index in [0.717, 1.165) is 0 Å². The Labute approximate surface area is 114 Å². The van der Waals surface area contributed by atoms with Crippen LogP contribution in [0.3, 0.4) is 0 Å². The van der Waals surface area contributed by atoms with Gasteiger partial charge in [-0.3, -0.25) is 9.78 Å². The Morgan fingerprint density at radius 3 is 2.95 bits per heavy atom. The summed E-state index contributed by atoms with van der Waals surface area (Å²) in [5.74, 6) is 0.896. The Hall–Kier alpha value is -2.89. The Bertz CT molecular complexity index is 690. The van der Waals surface area contributed by atoms with Crippen molar-refractivity contribution in [2.24, 2.45) is 0 Å². The first-order chi connectivity index (χ1) is 9.81. The molecule has 0 aliphatic heterocycles. The summed E-state index contributed by atoms with van der Waals surface area (Å²) >= 11 is 0. The van der Waals surface area contributed by atoms with Crippen LogP contribution in [0, 0.1) is 0 Å². The number of rotatable bonds is 4. The molecular weight excluding hydrogens is 258 g/mol. The lowest BCUT2D eigenvalue weighted by molar-refractivity contribution is -0.115. The van der Waals surface area contributed by atoms with Crippen LogP contribution >= 0.6 is 0 Å². The molecule has 1 N–H and O–H groups in total. The normalized spacial score (nSPS) is 10.4. The van der Waals surface area contributed by atoms with Gasteiger partial charge < -0.3 is 14.3 Å². The minimum Gasteiger partial charge on any atom is -0.461 e. The number of carbonyl (C=O) groups is 1. The molecule has 0 spiro atoms. The van der Waals surface area contributed by atoms with E-state index in [2.05, 4.69) is 15.5 Å². The van der Waals surface area contributed by atoms with Crippen LogP contribution in [0.15, 0.2) is 57.9 Å². The largest absolute Gasteiger partial charge is 0.461 e. The molecule has 20 heavy (non-hydrogen) atoms. The van der Waals surface area contributed by atoms with Crippen molar-refractivity contribution in [1.82, 2.24) is 10.1 Å². The van der Waals surface area contributed by atoms with Crippen LogP contribution in [0.5, 0.6) is 0 Å². The molecule has 3 heterocycles. The van der Waals surface area contributed by atoms with Crippen LogP contribution in [0.4, 0.5) is 5.69 Å². The molecule has 0 saturated heterocycles. The van der Waals surface area contributed by atoms with Gasteiger partial charge in [0.1, 0.15) is 0 Å². The van der Waals surface area contributed by atoms with Gasteiger partial charge in [-0.1, -0.05) is 5.16 Å². The lowest BCUT2D eigenvalue weighted by atomic mass is 10.2. The Balaban J connectivity index is 1.65. The third-order valence-corrected chi connectivity index (χ3v) is 2.61. The highest BCUT2D eigenvalue weighted by atomic mass is 16.5. The summed E-state index contributed by atoms with van der Waals surface area (Å²) in [6, 6.07) is 8.72. The van der Waals surface area contributed by atoms with E-state index in [0.29, 0.717) is 22.9 Å². The molecule has 100 valence electrons. The molecule has 0 atom stereocenters. The second-order valence-corrected chi connectivity index (χ2v) is 4.13. The number of anilines is 1. The number of amides is 1. The molecule has 1 amide bonds. The Morgan fingerprint density at radius 1 is 1.25 bits per heavy atom. The summed E-state index contributed by atoms with van der Waals surface area (Å²) in [4.78, 5) is 15.8. The summed E-state index contributed by atoms with van der Waals surface area (Å²) in [6.45, 7) is 0. The number of carbonyl (C=O) groups excluding carboxylic acids is 1. The second-order valence-electron chi connectivity index (χ2n) is 4.13. The predicted molar refractivity (Wildman–Crippen MR) is 70.8 cm³/mol. The monoisotopic (exact) mass is 269 g/mol. The topological polar surface area (TPSA) is 81.2 Å². The number of hydrogen-bond acceptors (Lipinski definition) is 5. The van der Waals surface area contributed by atoms with Crippen molar-refractivity contribution >= 4 is 11.6 Å². The van der Waals surface area contributed by atoms with Gasteiger partial charge in [0.25, 0.3) is 0 Å². The fourth-order valence-electron chi connectivity index (χ4n) is 1.74. The van der Waals surface area contributed by atoms with Gasteiger partial charge in [0.05, 0.1) is 30.3 Å². The van der Waals surface area contributed by atoms with Crippen molar-refractivity contribution in [3.05, 3.63) is 54.7 Å². The zero-order valence-corrected chi connectivity index (χ0v) is 10.4. The van der Waals surface area contributed by atoms with Crippen molar-refractivity contribution in [2.45, 2.75) is 6.42 Å². The highest BCUT2D eigenvalue weighted by Crippen LogP contribution is 2.20. The minimum absolute atomic E-state index is 0.124. The summed E-state index contributed by atoms with van der Waals surface area (Å²) in [5.41, 5.74) is 1.19. The van der Waals surface area contributed by atoms with Gasteiger partial charge in [-0.25, -0.2) is 0 Å². The van der Waals surface area contributed by atoms with E-state index in [1.54, 1.807) is 49.0 Å². The molecule has 0 aromatic carbocycles. The van der Waals surface area contributed by atoms with Crippen LogP contribution < -0.4 is 5.32 Å². The first kappa shape index (κ1) is 12.2. The van der Waals surface area contributed by atoms with E-state index >= 15 is 0 Å². The lowest BCUT2D eigenvalue weighted by Crippen LogP contribution is -2.14. The Kier molecular flexibility index (Phi) is 3.28. The van der Waals surface area contributed by atoms with Gasteiger partial charge in [0.2, 0.25) is 11.7 Å². The molecule has 6 heteroatoms. The summed E-state index contributed by atoms with van der Waals surface area (Å²) < 4.78 is 10.3. The van der Waals surface area contributed by atoms with Gasteiger partial charge in [-0.2, -0.15) is 0 Å². The summed E-state index contributed by atoms with van der Waals surface area (Å²) in [7, 11) is 0. The molecule has 0 radical (unpaired) electrons. The molecule has 0 unspecified atom stereocenters. The standard InChI is InChI=1S/C14H11N3O3/c18-14(16-10-3-1-5-15-9-10)8-11-7-13(20-17-11)12-4-2-6-19-12/h1-7,9H,8H2,(H,16,18). The number of nitrogens with one attached hydrogen (secondary N) is 1. The van der Waals surface area contributed by atoms with Gasteiger partial charge >= 0.3 is 0 Å². The van der Waals surface area contributed by atoms with Crippen molar-refractivity contribution in [3.8, 4) is 11.5 Å². The molecule has 0 aliphatic carbocycles. The van der Waals surface area contributed by atoms with E-state index in [-0.39, 0.29) is 12.3 Å². The SMILES string of the molecule is O=C(Cc1cc(-c2ccco2)on1)Nc1cccnc1. The van der Waals surface area contributed by atoms with E-state index in [1.165, 1.54) is 0 Å². The number of pyridine rings is 1. The van der Waals surface area contributed by atoms with Gasteiger partial charge in [0.15, 0.2) is 5.76 Å². The third kappa shape index (κ3) is 2.74. The van der Waals surface area contributed by atoms with E-state index < -0.39 is 0 Å². The number of nitrogens with zero attached hydrogens (tertiary/aromatic N) is 2. The van der Waals surface area contributed by atoms with Crippen molar-refractivity contribution in [2.75, 3.05) is 5.32 Å². The van der Waals surface area contributed by atoms with Crippen LogP contribution in [0.25, 0.3) is 11.5 Å². The van der Waals surface area contributed by atoms with Crippen LogP contribution in [-0.2, 0) is 11.2 Å². The minimum atomic E-state index is -0.183. The molecule has 3 aromatic rings. The average Bonchev–Trinajstić information content (AvgIpc) is 3.10. The lowest BCUT2D eigenvalue weighted by Gasteiger charge is -2.01. The maximum Gasteiger partial charge on any atom is 0.230 e. The number of aromatic nitrogens is 2. The van der Waals surface area contributed by atoms with E-state index in [1.807, 2.05) is 0 Å². The van der Waals surface area contributed by atoms with Gasteiger partial charge in [-0.15, -0.1) is 0 Å². The molecule has 0 aliphatic rings. The smallest absolute Gasteiger partial charge is 0.230 e. The molecule has 6 nitrogen and oxygen atoms in total. The molecule has 0 saturated carbocycles. The zero-order valence-electron chi connectivity index (χ0n) is 10.4. The highest BCUT2D eigenvalue weighted by Gasteiger charge is 2.12. The van der Waals surface area contributed by atoms with Crippen molar-refractivity contribution < 1.29 is 13.7 Å². The predicted octanol–water partition coefficient (Wildman–Crippen LogP) is 2.51. The fourth-order valence-corrected chi connectivity index (χ4v) is 1.74. The summed E-state index contributed by atoms with van der Waals surface area (Å²) in [6.07, 6.45) is 4.89. The summed E-state index contributed by atoms with van der Waals surface area (Å²) in [5, 5.41) is 6.57. The van der Waals surface area contributed by atoms with Gasteiger partial charge in [0, 0.05) is 12.3 Å². The maximum absolute atomic E-state index is 11.8. The maximum atomic E-state index is 11.8. The zero-order chi connectivity index (χ0) is 13.8. The molecule has 3 aromatic heterocycles. The third-order valence-electron chi connectivity index (χ3n) is 2.61. The van der Waals surface area contributed by atoms with Crippen LogP contribution in [-0.4, -0.2) is 16.0 Å². The first-order valence-electron chi connectivity index (χ1n) is 6.00. The first-order valence-corrected chi connectivity index (χ1v) is 6.00. The average molecular weight is 269 g/mol.